The van der Waals surface area contributed by atoms with E-state index in [9.17, 15) is 0 Å². The van der Waals surface area contributed by atoms with Gasteiger partial charge in [0.2, 0.25) is 0 Å². The highest BCUT2D eigenvalue weighted by Crippen LogP contribution is 2.42. The van der Waals surface area contributed by atoms with Crippen molar-refractivity contribution in [3.05, 3.63) is 29.8 Å². The average Bonchev–Trinajstić information content (AvgIpc) is 2.52. The quantitative estimate of drug-likeness (QED) is 0.438. The Hall–Kier alpha value is -1.02. The van der Waals surface area contributed by atoms with Gasteiger partial charge in [0.15, 0.2) is 0 Å². The fourth-order valence-corrected chi connectivity index (χ4v) is 3.94. The molecule has 0 fully saturated rings. The van der Waals surface area contributed by atoms with Crippen molar-refractivity contribution in [3.8, 4) is 5.75 Å². The summed E-state index contributed by atoms with van der Waals surface area (Å²) in [5.74, 6) is 2.25. The minimum Gasteiger partial charge on any atom is -0.493 e. The first-order valence-corrected chi connectivity index (χ1v) is 10.4. The van der Waals surface area contributed by atoms with Crippen LogP contribution in [-0.2, 0) is 6.54 Å². The van der Waals surface area contributed by atoms with Crippen molar-refractivity contribution in [2.24, 2.45) is 22.7 Å². The second kappa shape index (κ2) is 9.78. The van der Waals surface area contributed by atoms with Crippen molar-refractivity contribution in [2.45, 2.75) is 74.8 Å². The predicted molar refractivity (Wildman–Crippen MR) is 115 cm³/mol. The molecular weight excluding hydrogens is 318 g/mol. The van der Waals surface area contributed by atoms with Crippen LogP contribution in [0.25, 0.3) is 0 Å². The van der Waals surface area contributed by atoms with Gasteiger partial charge in [0.1, 0.15) is 5.75 Å². The van der Waals surface area contributed by atoms with Crippen LogP contribution in [0.1, 0.15) is 73.8 Å². The number of hydrogen-bond acceptors (Lipinski definition) is 2. The Balaban J connectivity index is 2.60. The summed E-state index contributed by atoms with van der Waals surface area (Å²) in [7, 11) is 2.24. The zero-order chi connectivity index (χ0) is 20.0. The molecule has 0 spiro atoms. The van der Waals surface area contributed by atoms with Crippen LogP contribution in [0.3, 0.4) is 0 Å². The van der Waals surface area contributed by atoms with E-state index in [0.29, 0.717) is 16.7 Å². The van der Waals surface area contributed by atoms with Gasteiger partial charge in [-0.15, -0.1) is 0 Å². The van der Waals surface area contributed by atoms with E-state index in [1.54, 1.807) is 0 Å². The lowest BCUT2D eigenvalue weighted by Crippen LogP contribution is -2.37. The number of rotatable bonds is 11. The predicted octanol–water partition coefficient (Wildman–Crippen LogP) is 6.64. The zero-order valence-corrected chi connectivity index (χ0v) is 18.9. The Morgan fingerprint density at radius 2 is 1.58 bits per heavy atom. The second-order valence-electron chi connectivity index (χ2n) is 10.0. The second-order valence-corrected chi connectivity index (χ2v) is 10.0. The highest BCUT2D eigenvalue weighted by Gasteiger charge is 2.34. The first kappa shape index (κ1) is 23.0. The fraction of sp³-hybridized carbons (Fsp3) is 0.750. The monoisotopic (exact) mass is 361 g/mol. The summed E-state index contributed by atoms with van der Waals surface area (Å²) in [6.07, 6.45) is 2.51. The molecule has 0 aromatic heterocycles. The van der Waals surface area contributed by atoms with Crippen LogP contribution in [0.15, 0.2) is 24.3 Å². The van der Waals surface area contributed by atoms with Gasteiger partial charge in [-0.3, -0.25) is 0 Å². The molecule has 0 N–H and O–H groups in total. The Labute approximate surface area is 163 Å². The van der Waals surface area contributed by atoms with Crippen LogP contribution in [0.4, 0.5) is 0 Å². The third kappa shape index (κ3) is 7.70. The van der Waals surface area contributed by atoms with Gasteiger partial charge in [-0.1, -0.05) is 73.9 Å². The van der Waals surface area contributed by atoms with Gasteiger partial charge < -0.3 is 9.64 Å². The van der Waals surface area contributed by atoms with E-state index >= 15 is 0 Å². The Morgan fingerprint density at radius 1 is 1.00 bits per heavy atom. The number of nitrogens with zero attached hydrogens (tertiary/aromatic N) is 1. The third-order valence-electron chi connectivity index (χ3n) is 5.74. The molecule has 2 heteroatoms. The minimum absolute atomic E-state index is 0.310. The first-order valence-electron chi connectivity index (χ1n) is 10.4. The average molecular weight is 362 g/mol. The van der Waals surface area contributed by atoms with Crippen molar-refractivity contribution in [1.29, 1.82) is 0 Å². The lowest BCUT2D eigenvalue weighted by molar-refractivity contribution is 0.0854. The van der Waals surface area contributed by atoms with Crippen LogP contribution in [-0.4, -0.2) is 25.1 Å². The number of hydrogen-bond donors (Lipinski definition) is 0. The van der Waals surface area contributed by atoms with E-state index < -0.39 is 0 Å². The van der Waals surface area contributed by atoms with Crippen LogP contribution < -0.4 is 4.74 Å². The highest BCUT2D eigenvalue weighted by molar-refractivity contribution is 5.27. The molecule has 0 aliphatic heterocycles. The lowest BCUT2D eigenvalue weighted by atomic mass is 9.66. The summed E-state index contributed by atoms with van der Waals surface area (Å²) in [6, 6.07) is 8.60. The van der Waals surface area contributed by atoms with Crippen LogP contribution >= 0.6 is 0 Å². The van der Waals surface area contributed by atoms with Gasteiger partial charge >= 0.3 is 0 Å². The fourth-order valence-electron chi connectivity index (χ4n) is 3.94. The van der Waals surface area contributed by atoms with E-state index in [0.717, 1.165) is 31.4 Å². The Bertz CT molecular complexity index is 518. The molecule has 150 valence electrons. The molecule has 0 aliphatic rings. The Morgan fingerprint density at radius 3 is 2.04 bits per heavy atom. The zero-order valence-electron chi connectivity index (χ0n) is 18.9. The maximum atomic E-state index is 5.78. The summed E-state index contributed by atoms with van der Waals surface area (Å²) in [5, 5.41) is 0. The van der Waals surface area contributed by atoms with Crippen molar-refractivity contribution in [2.75, 3.05) is 20.2 Å². The molecule has 1 rings (SSSR count). The van der Waals surface area contributed by atoms with Crippen LogP contribution in [0.2, 0.25) is 0 Å². The van der Waals surface area contributed by atoms with Gasteiger partial charge in [0.25, 0.3) is 0 Å². The van der Waals surface area contributed by atoms with Gasteiger partial charge in [-0.25, -0.2) is 0 Å². The van der Waals surface area contributed by atoms with E-state index in [1.807, 2.05) is 0 Å². The van der Waals surface area contributed by atoms with Crippen LogP contribution in [0.5, 0.6) is 5.75 Å². The smallest absolute Gasteiger partial charge is 0.119 e. The molecule has 1 unspecified atom stereocenters. The van der Waals surface area contributed by atoms with E-state index in [4.69, 9.17) is 4.74 Å². The molecular formula is C24H43NO. The third-order valence-corrected chi connectivity index (χ3v) is 5.74. The van der Waals surface area contributed by atoms with Gasteiger partial charge in [0.05, 0.1) is 6.61 Å². The number of ether oxygens (including phenoxy) is 1. The maximum absolute atomic E-state index is 5.78. The highest BCUT2D eigenvalue weighted by atomic mass is 16.5. The molecule has 0 saturated carbocycles. The SMILES string of the molecule is CCC(C)(CC(C)(C)CN(C)Cc1ccc(OCC(C)C)cc1)C(C)C. The minimum atomic E-state index is 0.310. The van der Waals surface area contributed by atoms with Crippen molar-refractivity contribution in [1.82, 2.24) is 4.90 Å². The summed E-state index contributed by atoms with van der Waals surface area (Å²) >= 11 is 0. The topological polar surface area (TPSA) is 12.5 Å². The van der Waals surface area contributed by atoms with Crippen molar-refractivity contribution in [3.63, 3.8) is 0 Å². The van der Waals surface area contributed by atoms with Gasteiger partial charge in [-0.05, 0) is 53.8 Å². The summed E-state index contributed by atoms with van der Waals surface area (Å²) in [6.45, 7) is 21.6. The van der Waals surface area contributed by atoms with Gasteiger partial charge in [-0.2, -0.15) is 0 Å². The van der Waals surface area contributed by atoms with Crippen molar-refractivity contribution < 1.29 is 4.74 Å². The standard InChI is InChI=1S/C24H43NO/c1-10-24(8,20(4)5)17-23(6,7)18-25(9)15-21-11-13-22(14-12-21)26-16-19(2)3/h11-14,19-20H,10,15-18H2,1-9H3. The van der Waals surface area contributed by atoms with E-state index in [-0.39, 0.29) is 0 Å². The molecule has 0 radical (unpaired) electrons. The molecule has 1 aromatic carbocycles. The normalized spacial score (nSPS) is 14.9. The first-order chi connectivity index (χ1) is 12.0. The summed E-state index contributed by atoms with van der Waals surface area (Å²) < 4.78 is 5.78. The van der Waals surface area contributed by atoms with E-state index in [2.05, 4.69) is 91.6 Å². The molecule has 2 nitrogen and oxygen atoms in total. The molecule has 26 heavy (non-hydrogen) atoms. The molecule has 0 heterocycles. The van der Waals surface area contributed by atoms with Gasteiger partial charge in [0, 0.05) is 13.1 Å². The van der Waals surface area contributed by atoms with E-state index in [1.165, 1.54) is 18.4 Å². The van der Waals surface area contributed by atoms with Crippen LogP contribution in [0, 0.1) is 22.7 Å². The maximum Gasteiger partial charge on any atom is 0.119 e. The number of benzene rings is 1. The molecule has 0 bridgehead atoms. The lowest BCUT2D eigenvalue weighted by Gasteiger charge is -2.41. The molecule has 0 aliphatic carbocycles. The molecule has 0 saturated heterocycles. The largest absolute Gasteiger partial charge is 0.493 e. The summed E-state index contributed by atoms with van der Waals surface area (Å²) in [5.41, 5.74) is 2.08. The summed E-state index contributed by atoms with van der Waals surface area (Å²) in [4.78, 5) is 2.46. The molecule has 1 aromatic rings. The molecule has 0 amide bonds. The van der Waals surface area contributed by atoms with Crippen molar-refractivity contribution >= 4 is 0 Å². The molecule has 1 atom stereocenters. The Kier molecular flexibility index (Phi) is 8.66.